The summed E-state index contributed by atoms with van der Waals surface area (Å²) in [7, 11) is -3.61. The Hall–Kier alpha value is -3.10. The lowest BCUT2D eigenvalue weighted by atomic mass is 9.99. The van der Waals surface area contributed by atoms with Crippen LogP contribution in [0.3, 0.4) is 0 Å². The van der Waals surface area contributed by atoms with Crippen LogP contribution >= 0.6 is 0 Å². The average Bonchev–Trinajstić information content (AvgIpc) is 3.33. The second-order valence-corrected chi connectivity index (χ2v) is 10.1. The third kappa shape index (κ3) is 3.14. The molecule has 0 aliphatic carbocycles. The first kappa shape index (κ1) is 19.8. The van der Waals surface area contributed by atoms with E-state index in [9.17, 15) is 13.2 Å². The molecule has 3 heterocycles. The van der Waals surface area contributed by atoms with Crippen molar-refractivity contribution in [3.8, 4) is 11.1 Å². The summed E-state index contributed by atoms with van der Waals surface area (Å²) in [6.07, 6.45) is 1.97. The second kappa shape index (κ2) is 6.96. The molecule has 1 aliphatic heterocycles. The van der Waals surface area contributed by atoms with Gasteiger partial charge in [0.1, 0.15) is 0 Å². The number of nitrogens with zero attached hydrogens (tertiary/aromatic N) is 2. The van der Waals surface area contributed by atoms with Crippen LogP contribution in [0.15, 0.2) is 58.4 Å². The van der Waals surface area contributed by atoms with Gasteiger partial charge in [0, 0.05) is 47.0 Å². The molecule has 0 saturated heterocycles. The number of fused-ring (bicyclic) bond motifs is 2. The number of hydrogen-bond acceptors (Lipinski definition) is 3. The lowest BCUT2D eigenvalue weighted by Gasteiger charge is -2.20. The zero-order valence-corrected chi connectivity index (χ0v) is 18.5. The van der Waals surface area contributed by atoms with E-state index in [1.165, 1.54) is 20.6 Å². The molecule has 7 nitrogen and oxygen atoms in total. The fourth-order valence-electron chi connectivity index (χ4n) is 4.49. The van der Waals surface area contributed by atoms with Crippen molar-refractivity contribution in [1.29, 1.82) is 0 Å². The van der Waals surface area contributed by atoms with E-state index >= 15 is 0 Å². The maximum Gasteiger partial charge on any atom is 0.266 e. The molecule has 31 heavy (non-hydrogen) atoms. The van der Waals surface area contributed by atoms with Crippen LogP contribution in [0.25, 0.3) is 22.0 Å². The van der Waals surface area contributed by atoms with Gasteiger partial charge in [0.25, 0.3) is 5.56 Å². The molecule has 0 saturated carbocycles. The van der Waals surface area contributed by atoms with Crippen LogP contribution in [0.1, 0.15) is 29.8 Å². The third-order valence-corrected chi connectivity index (χ3v) is 8.13. The predicted octanol–water partition coefficient (Wildman–Crippen LogP) is 3.71. The standard InChI is InChI=1S/C23H24N4O3S/c1-14-4-6-18-20(13-24-21(18)10-14)17-5-7-22-19(12-17)16(3)27(31(22,29)30)9-8-26-23(28)11-15(2)25-26/h4-7,10-13,16,24-25H,8-9H2,1-3H3. The quantitative estimate of drug-likeness (QED) is 0.511. The van der Waals surface area contributed by atoms with Crippen LogP contribution < -0.4 is 5.56 Å². The first-order valence-electron chi connectivity index (χ1n) is 10.3. The Morgan fingerprint density at radius 2 is 1.84 bits per heavy atom. The predicted molar refractivity (Wildman–Crippen MR) is 121 cm³/mol. The molecule has 0 bridgehead atoms. The summed E-state index contributed by atoms with van der Waals surface area (Å²) >= 11 is 0. The van der Waals surface area contributed by atoms with Crippen molar-refractivity contribution in [2.24, 2.45) is 0 Å². The number of H-pyrrole nitrogens is 2. The molecule has 1 atom stereocenters. The van der Waals surface area contributed by atoms with Crippen molar-refractivity contribution in [2.75, 3.05) is 6.54 Å². The number of aromatic nitrogens is 3. The molecular formula is C23H24N4O3S. The molecule has 0 spiro atoms. The molecule has 5 rings (SSSR count). The Balaban J connectivity index is 1.50. The maximum atomic E-state index is 13.2. The van der Waals surface area contributed by atoms with Crippen molar-refractivity contribution < 1.29 is 8.42 Å². The highest BCUT2D eigenvalue weighted by atomic mass is 32.2. The minimum absolute atomic E-state index is 0.156. The Labute approximate surface area is 180 Å². The van der Waals surface area contributed by atoms with Gasteiger partial charge in [-0.1, -0.05) is 18.2 Å². The molecule has 2 N–H and O–H groups in total. The zero-order valence-electron chi connectivity index (χ0n) is 17.6. The number of aromatic amines is 2. The number of sulfonamides is 1. The summed E-state index contributed by atoms with van der Waals surface area (Å²) in [6.45, 7) is 6.25. The minimum Gasteiger partial charge on any atom is -0.361 e. The van der Waals surface area contributed by atoms with E-state index in [0.717, 1.165) is 33.3 Å². The fraction of sp³-hybridized carbons (Fsp3) is 0.261. The van der Waals surface area contributed by atoms with E-state index in [1.54, 1.807) is 13.0 Å². The molecule has 4 aromatic rings. The highest BCUT2D eigenvalue weighted by Crippen LogP contribution is 2.41. The van der Waals surface area contributed by atoms with Crippen molar-refractivity contribution in [2.45, 2.75) is 38.3 Å². The molecule has 0 fully saturated rings. The van der Waals surface area contributed by atoms with Gasteiger partial charge in [-0.3, -0.25) is 14.6 Å². The van der Waals surface area contributed by atoms with Crippen molar-refractivity contribution in [1.82, 2.24) is 19.1 Å². The smallest absolute Gasteiger partial charge is 0.266 e. The minimum atomic E-state index is -3.61. The SMILES string of the molecule is Cc1ccc2c(-c3ccc4c(c3)C(C)N(CCn3[nH]c(C)cc3=O)S4(=O)=O)c[nH]c2c1. The van der Waals surface area contributed by atoms with Crippen LogP contribution in [0.2, 0.25) is 0 Å². The van der Waals surface area contributed by atoms with Gasteiger partial charge in [-0.05, 0) is 55.7 Å². The monoisotopic (exact) mass is 436 g/mol. The van der Waals surface area contributed by atoms with Crippen molar-refractivity contribution in [3.63, 3.8) is 0 Å². The molecule has 0 amide bonds. The van der Waals surface area contributed by atoms with E-state index < -0.39 is 10.0 Å². The topological polar surface area (TPSA) is 91.0 Å². The molecule has 1 aliphatic rings. The van der Waals surface area contributed by atoms with E-state index in [2.05, 4.69) is 35.2 Å². The Morgan fingerprint density at radius 3 is 2.58 bits per heavy atom. The van der Waals surface area contributed by atoms with Gasteiger partial charge in [0.05, 0.1) is 11.4 Å². The number of hydrogen-bond donors (Lipinski definition) is 2. The van der Waals surface area contributed by atoms with Gasteiger partial charge in [-0.2, -0.15) is 4.31 Å². The third-order valence-electron chi connectivity index (χ3n) is 6.09. The summed E-state index contributed by atoms with van der Waals surface area (Å²) in [4.78, 5) is 15.6. The maximum absolute atomic E-state index is 13.2. The van der Waals surface area contributed by atoms with E-state index in [-0.39, 0.29) is 24.7 Å². The largest absolute Gasteiger partial charge is 0.361 e. The van der Waals surface area contributed by atoms with Crippen LogP contribution in [-0.2, 0) is 16.6 Å². The van der Waals surface area contributed by atoms with E-state index in [0.29, 0.717) is 4.90 Å². The van der Waals surface area contributed by atoms with Gasteiger partial charge in [-0.15, -0.1) is 0 Å². The number of benzene rings is 2. The highest BCUT2D eigenvalue weighted by molar-refractivity contribution is 7.89. The number of nitrogens with one attached hydrogen (secondary N) is 2. The Kier molecular flexibility index (Phi) is 4.46. The molecule has 0 radical (unpaired) electrons. The van der Waals surface area contributed by atoms with Crippen LogP contribution in [0.4, 0.5) is 0 Å². The van der Waals surface area contributed by atoms with Crippen LogP contribution in [0, 0.1) is 13.8 Å². The van der Waals surface area contributed by atoms with Gasteiger partial charge in [0.2, 0.25) is 10.0 Å². The Morgan fingerprint density at radius 1 is 1.03 bits per heavy atom. The average molecular weight is 437 g/mol. The van der Waals surface area contributed by atoms with Gasteiger partial charge in [0.15, 0.2) is 0 Å². The van der Waals surface area contributed by atoms with Crippen LogP contribution in [-0.4, -0.2) is 34.0 Å². The number of aryl methyl sites for hydroxylation is 2. The summed E-state index contributed by atoms with van der Waals surface area (Å²) in [5.74, 6) is 0. The van der Waals surface area contributed by atoms with Gasteiger partial charge < -0.3 is 4.98 Å². The summed E-state index contributed by atoms with van der Waals surface area (Å²) in [5.41, 5.74) is 5.66. The van der Waals surface area contributed by atoms with Gasteiger partial charge >= 0.3 is 0 Å². The second-order valence-electron chi connectivity index (χ2n) is 8.22. The lowest BCUT2D eigenvalue weighted by Crippen LogP contribution is -2.32. The normalized spacial score (nSPS) is 18.0. The summed E-state index contributed by atoms with van der Waals surface area (Å²) < 4.78 is 29.3. The van der Waals surface area contributed by atoms with E-state index in [1.807, 2.05) is 25.3 Å². The summed E-state index contributed by atoms with van der Waals surface area (Å²) in [5, 5.41) is 4.07. The zero-order chi connectivity index (χ0) is 21.9. The highest BCUT2D eigenvalue weighted by Gasteiger charge is 2.40. The Bertz CT molecular complexity index is 1480. The molecular weight excluding hydrogens is 412 g/mol. The van der Waals surface area contributed by atoms with Crippen LogP contribution in [0.5, 0.6) is 0 Å². The molecule has 2 aromatic heterocycles. The first-order chi connectivity index (χ1) is 14.8. The van der Waals surface area contributed by atoms with E-state index in [4.69, 9.17) is 0 Å². The summed E-state index contributed by atoms with van der Waals surface area (Å²) in [6, 6.07) is 13.0. The van der Waals surface area contributed by atoms with Gasteiger partial charge in [-0.25, -0.2) is 8.42 Å². The lowest BCUT2D eigenvalue weighted by molar-refractivity contribution is 0.336. The number of rotatable bonds is 4. The van der Waals surface area contributed by atoms with Crippen molar-refractivity contribution in [3.05, 3.63) is 75.8 Å². The molecule has 1 unspecified atom stereocenters. The molecule has 8 heteroatoms. The molecule has 160 valence electrons. The fourth-order valence-corrected chi connectivity index (χ4v) is 6.36. The van der Waals surface area contributed by atoms with Crippen molar-refractivity contribution >= 4 is 20.9 Å². The molecule has 2 aromatic carbocycles. The first-order valence-corrected chi connectivity index (χ1v) is 11.7.